The van der Waals surface area contributed by atoms with Gasteiger partial charge in [0, 0.05) is 20.2 Å². The molecular formula is C15H15N3O3S. The Morgan fingerprint density at radius 1 is 1.23 bits per heavy atom. The molecule has 0 aliphatic carbocycles. The molecule has 114 valence electrons. The molecule has 0 fully saturated rings. The normalized spacial score (nSPS) is 10.9. The number of thiophene rings is 1. The molecular weight excluding hydrogens is 302 g/mol. The Labute approximate surface area is 130 Å². The lowest BCUT2D eigenvalue weighted by Crippen LogP contribution is -2.19. The Morgan fingerprint density at radius 2 is 1.91 bits per heavy atom. The first-order chi connectivity index (χ1) is 10.5. The zero-order valence-electron chi connectivity index (χ0n) is 12.4. The molecule has 0 saturated carbocycles. The standard InChI is InChI=1S/C15H15N3O3S/c1-17-10-7-9(16-14(19)13-5-4-6-22-13)12(21-3)8-11(10)18(2)15(17)20/h4-8H,1-3H3,(H,16,19). The highest BCUT2D eigenvalue weighted by Crippen LogP contribution is 2.30. The summed E-state index contributed by atoms with van der Waals surface area (Å²) in [5, 5.41) is 4.68. The number of methoxy groups -OCH3 is 1. The number of rotatable bonds is 3. The van der Waals surface area contributed by atoms with E-state index < -0.39 is 0 Å². The Kier molecular flexibility index (Phi) is 3.50. The first kappa shape index (κ1) is 14.4. The van der Waals surface area contributed by atoms with Crippen LogP contribution in [0.5, 0.6) is 5.75 Å². The number of hydrogen-bond donors (Lipinski definition) is 1. The lowest BCUT2D eigenvalue weighted by atomic mass is 10.2. The van der Waals surface area contributed by atoms with Gasteiger partial charge in [0.1, 0.15) is 5.75 Å². The molecule has 0 unspecified atom stereocenters. The molecule has 0 saturated heterocycles. The van der Waals surface area contributed by atoms with Crippen molar-refractivity contribution < 1.29 is 9.53 Å². The van der Waals surface area contributed by atoms with Crippen LogP contribution >= 0.6 is 11.3 Å². The van der Waals surface area contributed by atoms with Crippen molar-refractivity contribution in [2.24, 2.45) is 14.1 Å². The van der Waals surface area contributed by atoms with Crippen LogP contribution in [0.25, 0.3) is 11.0 Å². The Hall–Kier alpha value is -2.54. The number of anilines is 1. The second kappa shape index (κ2) is 5.34. The molecule has 1 aromatic carbocycles. The first-order valence-corrected chi connectivity index (χ1v) is 7.49. The van der Waals surface area contributed by atoms with Gasteiger partial charge in [0.05, 0.1) is 28.7 Å². The highest BCUT2D eigenvalue weighted by atomic mass is 32.1. The monoisotopic (exact) mass is 317 g/mol. The third-order valence-corrected chi connectivity index (χ3v) is 4.46. The van der Waals surface area contributed by atoms with Crippen LogP contribution in [-0.2, 0) is 14.1 Å². The van der Waals surface area contributed by atoms with Gasteiger partial charge in [0.15, 0.2) is 0 Å². The molecule has 0 bridgehead atoms. The molecule has 2 heterocycles. The minimum atomic E-state index is -0.200. The molecule has 0 atom stereocenters. The number of amides is 1. The van der Waals surface area contributed by atoms with Crippen molar-refractivity contribution in [2.45, 2.75) is 0 Å². The summed E-state index contributed by atoms with van der Waals surface area (Å²) in [4.78, 5) is 24.8. The lowest BCUT2D eigenvalue weighted by Gasteiger charge is -2.10. The number of benzene rings is 1. The zero-order chi connectivity index (χ0) is 15.9. The number of imidazole rings is 1. The summed E-state index contributed by atoms with van der Waals surface area (Å²) < 4.78 is 8.42. The Balaban J connectivity index is 2.11. The summed E-state index contributed by atoms with van der Waals surface area (Å²) in [5.41, 5.74) is 1.89. The minimum absolute atomic E-state index is 0.126. The van der Waals surface area contributed by atoms with Gasteiger partial charge in [0.25, 0.3) is 5.91 Å². The molecule has 3 aromatic rings. The van der Waals surface area contributed by atoms with E-state index in [0.29, 0.717) is 16.3 Å². The molecule has 6 nitrogen and oxygen atoms in total. The number of hydrogen-bond acceptors (Lipinski definition) is 4. The molecule has 2 aromatic heterocycles. The van der Waals surface area contributed by atoms with Gasteiger partial charge in [-0.15, -0.1) is 11.3 Å². The second-order valence-electron chi connectivity index (χ2n) is 4.87. The summed E-state index contributed by atoms with van der Waals surface area (Å²) >= 11 is 1.36. The van der Waals surface area contributed by atoms with Crippen LogP contribution in [0.15, 0.2) is 34.4 Å². The molecule has 0 radical (unpaired) electrons. The van der Waals surface area contributed by atoms with Gasteiger partial charge < -0.3 is 10.1 Å². The predicted molar refractivity (Wildman–Crippen MR) is 87.0 cm³/mol. The van der Waals surface area contributed by atoms with Crippen molar-refractivity contribution in [3.8, 4) is 5.75 Å². The number of fused-ring (bicyclic) bond motifs is 1. The van der Waals surface area contributed by atoms with Crippen molar-refractivity contribution in [3.05, 3.63) is 45.0 Å². The molecule has 0 aliphatic rings. The topological polar surface area (TPSA) is 65.3 Å². The lowest BCUT2D eigenvalue weighted by molar-refractivity contribution is 0.103. The average molecular weight is 317 g/mol. The number of carbonyl (C=O) groups is 1. The van der Waals surface area contributed by atoms with Crippen LogP contribution in [0, 0.1) is 0 Å². The van der Waals surface area contributed by atoms with E-state index in [4.69, 9.17) is 4.74 Å². The van der Waals surface area contributed by atoms with E-state index in [-0.39, 0.29) is 11.6 Å². The van der Waals surface area contributed by atoms with Gasteiger partial charge in [-0.1, -0.05) is 6.07 Å². The highest BCUT2D eigenvalue weighted by molar-refractivity contribution is 7.12. The highest BCUT2D eigenvalue weighted by Gasteiger charge is 2.15. The maximum absolute atomic E-state index is 12.2. The minimum Gasteiger partial charge on any atom is -0.494 e. The van der Waals surface area contributed by atoms with Crippen molar-refractivity contribution >= 4 is 34.0 Å². The van der Waals surface area contributed by atoms with Crippen LogP contribution in [-0.4, -0.2) is 22.2 Å². The molecule has 22 heavy (non-hydrogen) atoms. The Morgan fingerprint density at radius 3 is 2.50 bits per heavy atom. The fourth-order valence-corrected chi connectivity index (χ4v) is 3.00. The summed E-state index contributed by atoms with van der Waals surface area (Å²) in [6.45, 7) is 0. The van der Waals surface area contributed by atoms with Crippen molar-refractivity contribution in [1.29, 1.82) is 0 Å². The van der Waals surface area contributed by atoms with Crippen LogP contribution in [0.4, 0.5) is 5.69 Å². The van der Waals surface area contributed by atoms with Gasteiger partial charge in [-0.3, -0.25) is 13.9 Å². The third-order valence-electron chi connectivity index (χ3n) is 3.59. The summed E-state index contributed by atoms with van der Waals surface area (Å²) in [6.07, 6.45) is 0. The second-order valence-corrected chi connectivity index (χ2v) is 5.82. The Bertz CT molecular complexity index is 906. The predicted octanol–water partition coefficient (Wildman–Crippen LogP) is 2.20. The largest absolute Gasteiger partial charge is 0.494 e. The van der Waals surface area contributed by atoms with Gasteiger partial charge in [-0.2, -0.15) is 0 Å². The molecule has 3 rings (SSSR count). The van der Waals surface area contributed by atoms with E-state index in [9.17, 15) is 9.59 Å². The maximum atomic E-state index is 12.2. The van der Waals surface area contributed by atoms with Crippen LogP contribution in [0.1, 0.15) is 9.67 Å². The fourth-order valence-electron chi connectivity index (χ4n) is 2.38. The van der Waals surface area contributed by atoms with Crippen LogP contribution in [0.3, 0.4) is 0 Å². The summed E-state index contributed by atoms with van der Waals surface area (Å²) in [5.74, 6) is 0.312. The molecule has 1 N–H and O–H groups in total. The smallest absolute Gasteiger partial charge is 0.328 e. The number of aromatic nitrogens is 2. The van der Waals surface area contributed by atoms with Gasteiger partial charge in [-0.25, -0.2) is 4.79 Å². The average Bonchev–Trinajstić information content (AvgIpc) is 3.12. The quantitative estimate of drug-likeness (QED) is 0.805. The van der Waals surface area contributed by atoms with Gasteiger partial charge >= 0.3 is 5.69 Å². The van der Waals surface area contributed by atoms with Gasteiger partial charge in [-0.05, 0) is 17.5 Å². The van der Waals surface area contributed by atoms with E-state index in [0.717, 1.165) is 11.0 Å². The number of nitrogens with zero attached hydrogens (tertiary/aromatic N) is 2. The fraction of sp³-hybridized carbons (Fsp3) is 0.200. The number of aryl methyl sites for hydroxylation is 2. The SMILES string of the molecule is COc1cc2c(cc1NC(=O)c1cccs1)n(C)c(=O)n2C. The molecule has 0 spiro atoms. The maximum Gasteiger partial charge on any atom is 0.328 e. The van der Waals surface area contributed by atoms with E-state index in [2.05, 4.69) is 5.32 Å². The van der Waals surface area contributed by atoms with Crippen molar-refractivity contribution in [2.75, 3.05) is 12.4 Å². The third kappa shape index (κ3) is 2.19. The van der Waals surface area contributed by atoms with E-state index in [1.54, 1.807) is 36.9 Å². The van der Waals surface area contributed by atoms with E-state index in [1.807, 2.05) is 11.4 Å². The van der Waals surface area contributed by atoms with Crippen molar-refractivity contribution in [3.63, 3.8) is 0 Å². The molecule has 0 aliphatic heterocycles. The number of carbonyl (C=O) groups excluding carboxylic acids is 1. The van der Waals surface area contributed by atoms with E-state index >= 15 is 0 Å². The van der Waals surface area contributed by atoms with Crippen LogP contribution < -0.4 is 15.7 Å². The summed E-state index contributed by atoms with van der Waals surface area (Å²) in [6, 6.07) is 7.08. The first-order valence-electron chi connectivity index (χ1n) is 6.61. The molecule has 7 heteroatoms. The molecule has 1 amide bonds. The zero-order valence-corrected chi connectivity index (χ0v) is 13.2. The van der Waals surface area contributed by atoms with Gasteiger partial charge in [0.2, 0.25) is 0 Å². The van der Waals surface area contributed by atoms with Crippen molar-refractivity contribution in [1.82, 2.24) is 9.13 Å². The van der Waals surface area contributed by atoms with Crippen LogP contribution in [0.2, 0.25) is 0 Å². The summed E-state index contributed by atoms with van der Waals surface area (Å²) in [7, 11) is 4.93. The number of nitrogens with one attached hydrogen (secondary N) is 1. The number of ether oxygens (including phenoxy) is 1. The van der Waals surface area contributed by atoms with E-state index in [1.165, 1.54) is 23.0 Å².